The number of carbonyl (C=O) groups excluding carboxylic acids is 1. The molecule has 112 valence electrons. The van der Waals surface area contributed by atoms with Gasteiger partial charge in [-0.25, -0.2) is 4.98 Å². The minimum atomic E-state index is -0.0111. The number of carbonyl (C=O) groups is 1. The highest BCUT2D eigenvalue weighted by molar-refractivity contribution is 7.13. The van der Waals surface area contributed by atoms with Crippen LogP contribution in [0.4, 0.5) is 0 Å². The van der Waals surface area contributed by atoms with Crippen molar-refractivity contribution in [3.05, 3.63) is 29.7 Å². The SMILES string of the molecule is C[C@H]1CCCN(C(=O)c2csc(-c3ccoc3)n2)[C@H]1CN. The molecule has 1 aliphatic rings. The third-order valence-corrected chi connectivity index (χ3v) is 5.00. The summed E-state index contributed by atoms with van der Waals surface area (Å²) in [6, 6.07) is 1.96. The molecule has 1 amide bonds. The molecule has 2 aromatic heterocycles. The Morgan fingerprint density at radius 2 is 2.48 bits per heavy atom. The first-order valence-corrected chi connectivity index (χ1v) is 8.08. The molecule has 0 radical (unpaired) electrons. The average Bonchev–Trinajstić information content (AvgIpc) is 3.16. The van der Waals surface area contributed by atoms with Gasteiger partial charge < -0.3 is 15.1 Å². The number of nitrogens with zero attached hydrogens (tertiary/aromatic N) is 2. The highest BCUT2D eigenvalue weighted by atomic mass is 32.1. The van der Waals surface area contributed by atoms with Gasteiger partial charge in [-0.2, -0.15) is 0 Å². The van der Waals surface area contributed by atoms with Gasteiger partial charge in [-0.1, -0.05) is 6.92 Å². The molecule has 0 unspecified atom stereocenters. The predicted octanol–water partition coefficient (Wildman–Crippen LogP) is 2.60. The number of hydrogen-bond acceptors (Lipinski definition) is 5. The van der Waals surface area contributed by atoms with E-state index in [2.05, 4.69) is 11.9 Å². The van der Waals surface area contributed by atoms with Crippen molar-refractivity contribution < 1.29 is 9.21 Å². The molecule has 6 heteroatoms. The van der Waals surface area contributed by atoms with E-state index in [0.29, 0.717) is 18.2 Å². The van der Waals surface area contributed by atoms with E-state index in [-0.39, 0.29) is 11.9 Å². The highest BCUT2D eigenvalue weighted by Gasteiger charge is 2.32. The van der Waals surface area contributed by atoms with Crippen LogP contribution in [0.2, 0.25) is 0 Å². The van der Waals surface area contributed by atoms with Gasteiger partial charge in [-0.05, 0) is 24.8 Å². The molecule has 0 saturated carbocycles. The van der Waals surface area contributed by atoms with Crippen LogP contribution in [0.1, 0.15) is 30.3 Å². The van der Waals surface area contributed by atoms with E-state index in [4.69, 9.17) is 10.2 Å². The molecule has 2 atom stereocenters. The first-order valence-electron chi connectivity index (χ1n) is 7.20. The van der Waals surface area contributed by atoms with Gasteiger partial charge in [0.05, 0.1) is 6.26 Å². The molecule has 2 N–H and O–H groups in total. The fourth-order valence-electron chi connectivity index (χ4n) is 2.90. The number of piperidine rings is 1. The van der Waals surface area contributed by atoms with Crippen molar-refractivity contribution >= 4 is 17.2 Å². The van der Waals surface area contributed by atoms with E-state index in [0.717, 1.165) is 30.0 Å². The zero-order valence-corrected chi connectivity index (χ0v) is 12.8. The smallest absolute Gasteiger partial charge is 0.273 e. The topological polar surface area (TPSA) is 72.4 Å². The van der Waals surface area contributed by atoms with E-state index >= 15 is 0 Å². The number of rotatable bonds is 3. The number of nitrogens with two attached hydrogens (primary N) is 1. The molecule has 0 bridgehead atoms. The monoisotopic (exact) mass is 305 g/mol. The van der Waals surface area contributed by atoms with Crippen molar-refractivity contribution in [2.45, 2.75) is 25.8 Å². The molecule has 21 heavy (non-hydrogen) atoms. The molecule has 3 rings (SSSR count). The Morgan fingerprint density at radius 1 is 1.62 bits per heavy atom. The summed E-state index contributed by atoms with van der Waals surface area (Å²) in [7, 11) is 0. The second kappa shape index (κ2) is 5.99. The summed E-state index contributed by atoms with van der Waals surface area (Å²) in [5, 5.41) is 2.62. The Morgan fingerprint density at radius 3 is 3.19 bits per heavy atom. The van der Waals surface area contributed by atoms with Gasteiger partial charge >= 0.3 is 0 Å². The molecule has 1 saturated heterocycles. The Balaban J connectivity index is 1.81. The van der Waals surface area contributed by atoms with Crippen LogP contribution in [-0.2, 0) is 0 Å². The number of hydrogen-bond donors (Lipinski definition) is 1. The Hall–Kier alpha value is -1.66. The van der Waals surface area contributed by atoms with Crippen LogP contribution in [0.15, 0.2) is 28.4 Å². The summed E-state index contributed by atoms with van der Waals surface area (Å²) in [4.78, 5) is 19.0. The normalized spacial score (nSPS) is 22.5. The summed E-state index contributed by atoms with van der Waals surface area (Å²) in [6.45, 7) is 3.43. The minimum absolute atomic E-state index is 0.0111. The molecular weight excluding hydrogens is 286 g/mol. The second-order valence-corrected chi connectivity index (χ2v) is 6.33. The number of furan rings is 1. The minimum Gasteiger partial charge on any atom is -0.472 e. The van der Waals surface area contributed by atoms with Gasteiger partial charge in [0.25, 0.3) is 5.91 Å². The lowest BCUT2D eigenvalue weighted by atomic mass is 9.90. The molecule has 1 aliphatic heterocycles. The second-order valence-electron chi connectivity index (χ2n) is 5.47. The highest BCUT2D eigenvalue weighted by Crippen LogP contribution is 2.27. The van der Waals surface area contributed by atoms with E-state index in [9.17, 15) is 4.79 Å². The van der Waals surface area contributed by atoms with Crippen LogP contribution in [-0.4, -0.2) is 34.9 Å². The summed E-state index contributed by atoms with van der Waals surface area (Å²) >= 11 is 1.46. The Kier molecular flexibility index (Phi) is 4.07. The van der Waals surface area contributed by atoms with E-state index < -0.39 is 0 Å². The van der Waals surface area contributed by atoms with Crippen molar-refractivity contribution in [1.29, 1.82) is 0 Å². The first kappa shape index (κ1) is 14.3. The summed E-state index contributed by atoms with van der Waals surface area (Å²) in [6.07, 6.45) is 5.40. The van der Waals surface area contributed by atoms with Crippen LogP contribution < -0.4 is 5.73 Å². The lowest BCUT2D eigenvalue weighted by Gasteiger charge is -2.39. The first-order chi connectivity index (χ1) is 10.2. The van der Waals surface area contributed by atoms with Crippen LogP contribution in [0.5, 0.6) is 0 Å². The van der Waals surface area contributed by atoms with Crippen molar-refractivity contribution in [2.24, 2.45) is 11.7 Å². The largest absolute Gasteiger partial charge is 0.472 e. The molecular formula is C15H19N3O2S. The fraction of sp³-hybridized carbons (Fsp3) is 0.467. The molecule has 5 nitrogen and oxygen atoms in total. The Bertz CT molecular complexity index is 608. The van der Waals surface area contributed by atoms with Crippen LogP contribution in [0.25, 0.3) is 10.6 Å². The molecule has 0 aromatic carbocycles. The van der Waals surface area contributed by atoms with Crippen molar-refractivity contribution in [2.75, 3.05) is 13.1 Å². The van der Waals surface area contributed by atoms with Gasteiger partial charge in [0.15, 0.2) is 0 Å². The van der Waals surface area contributed by atoms with Gasteiger partial charge in [0, 0.05) is 30.1 Å². The van der Waals surface area contributed by atoms with Crippen LogP contribution >= 0.6 is 11.3 Å². The van der Waals surface area contributed by atoms with Gasteiger partial charge in [0.1, 0.15) is 17.0 Å². The van der Waals surface area contributed by atoms with Crippen molar-refractivity contribution in [1.82, 2.24) is 9.88 Å². The lowest BCUT2D eigenvalue weighted by molar-refractivity contribution is 0.0527. The van der Waals surface area contributed by atoms with E-state index in [1.807, 2.05) is 16.3 Å². The number of aromatic nitrogens is 1. The maximum absolute atomic E-state index is 12.7. The summed E-state index contributed by atoms with van der Waals surface area (Å²) < 4.78 is 5.06. The molecule has 1 fully saturated rings. The average molecular weight is 305 g/mol. The molecule has 2 aromatic rings. The zero-order chi connectivity index (χ0) is 14.8. The zero-order valence-electron chi connectivity index (χ0n) is 12.0. The van der Waals surface area contributed by atoms with Gasteiger partial charge in [-0.3, -0.25) is 4.79 Å². The predicted molar refractivity (Wildman–Crippen MR) is 82.1 cm³/mol. The summed E-state index contributed by atoms with van der Waals surface area (Å²) in [5.74, 6) is 0.433. The standard InChI is InChI=1S/C15H19N3O2S/c1-10-3-2-5-18(13(10)7-16)15(19)12-9-21-14(17-12)11-4-6-20-8-11/h4,6,8-10,13H,2-3,5,7,16H2,1H3/t10-,13-/m0/s1. The maximum atomic E-state index is 12.7. The van der Waals surface area contributed by atoms with Crippen molar-refractivity contribution in [3.8, 4) is 10.6 Å². The Labute approximate surface area is 127 Å². The molecule has 0 spiro atoms. The number of thiazole rings is 1. The van der Waals surface area contributed by atoms with Crippen LogP contribution in [0, 0.1) is 5.92 Å². The molecule has 0 aliphatic carbocycles. The van der Waals surface area contributed by atoms with Gasteiger partial charge in [0.2, 0.25) is 0 Å². The maximum Gasteiger partial charge on any atom is 0.273 e. The third kappa shape index (κ3) is 2.73. The summed E-state index contributed by atoms with van der Waals surface area (Å²) in [5.41, 5.74) is 7.27. The van der Waals surface area contributed by atoms with Gasteiger partial charge in [-0.15, -0.1) is 11.3 Å². The van der Waals surface area contributed by atoms with Crippen LogP contribution in [0.3, 0.4) is 0 Å². The quantitative estimate of drug-likeness (QED) is 0.946. The third-order valence-electron chi connectivity index (χ3n) is 4.11. The van der Waals surface area contributed by atoms with E-state index in [1.165, 1.54) is 11.3 Å². The number of amides is 1. The number of likely N-dealkylation sites (tertiary alicyclic amines) is 1. The molecule has 3 heterocycles. The lowest BCUT2D eigenvalue weighted by Crippen LogP contribution is -2.51. The fourth-order valence-corrected chi connectivity index (χ4v) is 3.68. The van der Waals surface area contributed by atoms with E-state index in [1.54, 1.807) is 12.5 Å². The van der Waals surface area contributed by atoms with Crippen molar-refractivity contribution in [3.63, 3.8) is 0 Å².